The van der Waals surface area contributed by atoms with E-state index in [1.165, 1.54) is 0 Å². The van der Waals surface area contributed by atoms with Crippen molar-refractivity contribution in [3.05, 3.63) is 35.1 Å². The Morgan fingerprint density at radius 2 is 1.95 bits per heavy atom. The Hall–Kier alpha value is -1.09. The fourth-order valence-electron chi connectivity index (χ4n) is 1.62. The molecule has 0 saturated heterocycles. The second kappa shape index (κ2) is 7.45. The molecule has 0 amide bonds. The van der Waals surface area contributed by atoms with Gasteiger partial charge in [0.05, 0.1) is 16.3 Å². The van der Waals surface area contributed by atoms with Crippen LogP contribution in [0.25, 0.3) is 11.5 Å². The summed E-state index contributed by atoms with van der Waals surface area (Å²) in [7, 11) is 0. The van der Waals surface area contributed by atoms with Gasteiger partial charge in [0.2, 0.25) is 0 Å². The van der Waals surface area contributed by atoms with Gasteiger partial charge in [-0.1, -0.05) is 70.7 Å². The molecule has 0 fully saturated rings. The third kappa shape index (κ3) is 3.81. The Balaban J connectivity index is 1.65. The van der Waals surface area contributed by atoms with E-state index in [2.05, 4.69) is 27.3 Å². The van der Waals surface area contributed by atoms with Gasteiger partial charge in [0.15, 0.2) is 14.5 Å². The molecular weight excluding hydrogens is 360 g/mol. The van der Waals surface area contributed by atoms with Crippen molar-refractivity contribution in [3.63, 3.8) is 0 Å². The van der Waals surface area contributed by atoms with E-state index in [9.17, 15) is 0 Å². The molecule has 0 saturated carbocycles. The van der Waals surface area contributed by atoms with Crippen molar-refractivity contribution in [1.29, 1.82) is 0 Å². The largest absolute Gasteiger partial charge is 0.334 e. The number of hydrogen-bond acceptors (Lipinski definition) is 8. The molecule has 0 aliphatic carbocycles. The monoisotopic (exact) mass is 370 g/mol. The van der Waals surface area contributed by atoms with E-state index in [1.807, 2.05) is 18.2 Å². The van der Waals surface area contributed by atoms with Gasteiger partial charge in [-0.2, -0.15) is 4.98 Å². The summed E-state index contributed by atoms with van der Waals surface area (Å²) < 4.78 is 7.15. The van der Waals surface area contributed by atoms with Crippen molar-refractivity contribution in [2.45, 2.75) is 21.4 Å². The molecule has 9 heteroatoms. The molecule has 3 rings (SSSR count). The summed E-state index contributed by atoms with van der Waals surface area (Å²) in [6.45, 7) is 2.09. The maximum absolute atomic E-state index is 6.12. The summed E-state index contributed by atoms with van der Waals surface area (Å²) in [5.41, 5.74) is 0.741. The molecular formula is C13H11ClN4OS3. The van der Waals surface area contributed by atoms with Crippen LogP contribution in [0.4, 0.5) is 0 Å². The number of thioether (sulfide) groups is 2. The van der Waals surface area contributed by atoms with Crippen LogP contribution in [-0.4, -0.2) is 26.1 Å². The van der Waals surface area contributed by atoms with Crippen molar-refractivity contribution in [1.82, 2.24) is 20.3 Å². The number of nitrogens with zero attached hydrogens (tertiary/aromatic N) is 4. The highest BCUT2D eigenvalue weighted by molar-refractivity contribution is 8.02. The highest BCUT2D eigenvalue weighted by Gasteiger charge is 2.13. The highest BCUT2D eigenvalue weighted by Crippen LogP contribution is 2.31. The van der Waals surface area contributed by atoms with Crippen LogP contribution in [0.2, 0.25) is 5.02 Å². The quantitative estimate of drug-likeness (QED) is 0.585. The third-order valence-electron chi connectivity index (χ3n) is 2.55. The van der Waals surface area contributed by atoms with Crippen molar-refractivity contribution < 1.29 is 4.52 Å². The second-order valence-corrected chi connectivity index (χ2v) is 8.17. The van der Waals surface area contributed by atoms with Crippen LogP contribution in [0.15, 0.2) is 37.5 Å². The summed E-state index contributed by atoms with van der Waals surface area (Å²) >= 11 is 10.9. The summed E-state index contributed by atoms with van der Waals surface area (Å²) in [5.74, 6) is 2.62. The lowest BCUT2D eigenvalue weighted by Crippen LogP contribution is -1.84. The number of aromatic nitrogens is 4. The highest BCUT2D eigenvalue weighted by atomic mass is 35.5. The minimum Gasteiger partial charge on any atom is -0.334 e. The minimum absolute atomic E-state index is 0.431. The number of rotatable bonds is 6. The first-order chi connectivity index (χ1) is 10.8. The number of benzene rings is 1. The van der Waals surface area contributed by atoms with E-state index in [0.717, 1.165) is 20.0 Å². The maximum atomic E-state index is 6.12. The van der Waals surface area contributed by atoms with Crippen LogP contribution in [0, 0.1) is 0 Å². The predicted octanol–water partition coefficient (Wildman–Crippen LogP) is 4.65. The van der Waals surface area contributed by atoms with E-state index in [4.69, 9.17) is 16.1 Å². The first-order valence-corrected chi connectivity index (χ1v) is 9.59. The van der Waals surface area contributed by atoms with Gasteiger partial charge >= 0.3 is 0 Å². The van der Waals surface area contributed by atoms with Crippen molar-refractivity contribution in [3.8, 4) is 11.5 Å². The first-order valence-electron chi connectivity index (χ1n) is 6.43. The fraction of sp³-hybridized carbons (Fsp3) is 0.231. The predicted molar refractivity (Wildman–Crippen MR) is 90.6 cm³/mol. The zero-order valence-corrected chi connectivity index (χ0v) is 14.7. The Kier molecular flexibility index (Phi) is 5.35. The smallest absolute Gasteiger partial charge is 0.259 e. The van der Waals surface area contributed by atoms with Gasteiger partial charge < -0.3 is 4.52 Å². The maximum Gasteiger partial charge on any atom is 0.259 e. The molecule has 2 heterocycles. The van der Waals surface area contributed by atoms with E-state index in [0.29, 0.717) is 22.5 Å². The van der Waals surface area contributed by atoms with Crippen LogP contribution in [0.5, 0.6) is 0 Å². The van der Waals surface area contributed by atoms with Gasteiger partial charge in [0.25, 0.3) is 5.89 Å². The summed E-state index contributed by atoms with van der Waals surface area (Å²) in [5, 5.41) is 12.8. The summed E-state index contributed by atoms with van der Waals surface area (Å²) in [6, 6.07) is 7.39. The standard InChI is InChI=1S/C13H11ClN4OS3/c1-2-20-12-16-17-13(22-12)21-7-10-15-11(19-18-10)8-5-3-4-6-9(8)14/h3-6H,2,7H2,1H3. The molecule has 114 valence electrons. The van der Waals surface area contributed by atoms with Gasteiger partial charge in [-0.25, -0.2) is 0 Å². The topological polar surface area (TPSA) is 64.7 Å². The normalized spacial score (nSPS) is 11.0. The molecule has 0 spiro atoms. The van der Waals surface area contributed by atoms with E-state index < -0.39 is 0 Å². The molecule has 5 nitrogen and oxygen atoms in total. The average molecular weight is 371 g/mol. The van der Waals surface area contributed by atoms with Gasteiger partial charge in [0.1, 0.15) is 0 Å². The van der Waals surface area contributed by atoms with Crippen LogP contribution in [-0.2, 0) is 5.75 Å². The molecule has 1 aromatic carbocycles. The summed E-state index contributed by atoms with van der Waals surface area (Å²) in [6.07, 6.45) is 0. The van der Waals surface area contributed by atoms with Crippen LogP contribution < -0.4 is 0 Å². The van der Waals surface area contributed by atoms with E-state index >= 15 is 0 Å². The second-order valence-electron chi connectivity index (χ2n) is 4.05. The van der Waals surface area contributed by atoms with Crippen molar-refractivity contribution in [2.24, 2.45) is 0 Å². The summed E-state index contributed by atoms with van der Waals surface area (Å²) in [4.78, 5) is 4.37. The molecule has 0 aliphatic rings. The SMILES string of the molecule is CCSc1nnc(SCc2noc(-c3ccccc3Cl)n2)s1. The lowest BCUT2D eigenvalue weighted by molar-refractivity contribution is 0.425. The molecule has 0 unspecified atom stereocenters. The molecule has 0 aliphatic heterocycles. The van der Waals surface area contributed by atoms with Crippen LogP contribution >= 0.6 is 46.5 Å². The Bertz CT molecular complexity index is 761. The molecule has 0 radical (unpaired) electrons. The Morgan fingerprint density at radius 3 is 2.73 bits per heavy atom. The minimum atomic E-state index is 0.431. The molecule has 0 atom stereocenters. The number of hydrogen-bond donors (Lipinski definition) is 0. The average Bonchev–Trinajstić information content (AvgIpc) is 3.15. The van der Waals surface area contributed by atoms with Crippen molar-refractivity contribution >= 4 is 46.5 Å². The zero-order chi connectivity index (χ0) is 15.4. The van der Waals surface area contributed by atoms with Crippen molar-refractivity contribution in [2.75, 3.05) is 5.75 Å². The first kappa shape index (κ1) is 15.8. The fourth-order valence-corrected chi connectivity index (χ4v) is 4.60. The third-order valence-corrected chi connectivity index (χ3v) is 5.95. The van der Waals surface area contributed by atoms with Gasteiger partial charge in [0, 0.05) is 0 Å². The molecule has 0 N–H and O–H groups in total. The van der Waals surface area contributed by atoms with Gasteiger partial charge in [-0.3, -0.25) is 0 Å². The van der Waals surface area contributed by atoms with Gasteiger partial charge in [-0.05, 0) is 17.9 Å². The zero-order valence-electron chi connectivity index (χ0n) is 11.5. The molecule has 3 aromatic rings. The Morgan fingerprint density at radius 1 is 1.18 bits per heavy atom. The van der Waals surface area contributed by atoms with E-state index in [-0.39, 0.29) is 0 Å². The molecule has 0 bridgehead atoms. The van der Waals surface area contributed by atoms with Gasteiger partial charge in [-0.15, -0.1) is 10.2 Å². The lowest BCUT2D eigenvalue weighted by atomic mass is 10.2. The lowest BCUT2D eigenvalue weighted by Gasteiger charge is -1.95. The Labute approximate surface area is 144 Å². The van der Waals surface area contributed by atoms with E-state index in [1.54, 1.807) is 40.9 Å². The van der Waals surface area contributed by atoms with Crippen LogP contribution in [0.3, 0.4) is 0 Å². The molecule has 22 heavy (non-hydrogen) atoms. The number of halogens is 1. The molecule has 2 aromatic heterocycles. The van der Waals surface area contributed by atoms with Crippen LogP contribution in [0.1, 0.15) is 12.7 Å².